The molecule has 0 saturated carbocycles. The standard InChI is InChI=1S/C21H18N4O2/c1-14-6-5-7-15(10-14)12-22-21(27)17-13-23-25-19(26)11-18(24-20(17)25)16-8-3-2-4-9-16/h2-11,13,23H,12H2,1H3,(H,22,27). The Bertz CT molecular complexity index is 1180. The molecular weight excluding hydrogens is 340 g/mol. The van der Waals surface area contributed by atoms with E-state index in [1.54, 1.807) is 0 Å². The molecule has 2 N–H and O–H groups in total. The molecular formula is C21H18N4O2. The number of hydrogen-bond acceptors (Lipinski definition) is 3. The van der Waals surface area contributed by atoms with Crippen molar-refractivity contribution in [3.63, 3.8) is 0 Å². The molecule has 134 valence electrons. The van der Waals surface area contributed by atoms with Crippen molar-refractivity contribution in [2.45, 2.75) is 13.5 Å². The first kappa shape index (κ1) is 16.8. The van der Waals surface area contributed by atoms with Gasteiger partial charge >= 0.3 is 0 Å². The van der Waals surface area contributed by atoms with E-state index < -0.39 is 0 Å². The lowest BCUT2D eigenvalue weighted by Gasteiger charge is -2.06. The summed E-state index contributed by atoms with van der Waals surface area (Å²) in [6.07, 6.45) is 1.50. The number of nitrogens with zero attached hydrogens (tertiary/aromatic N) is 2. The SMILES string of the molecule is Cc1cccc(CNC(=O)c2c[nH]n3c(=O)cc(-c4ccccc4)nc23)c1. The van der Waals surface area contributed by atoms with Gasteiger partial charge in [0.05, 0.1) is 5.69 Å². The molecule has 0 spiro atoms. The van der Waals surface area contributed by atoms with E-state index in [-0.39, 0.29) is 11.5 Å². The predicted octanol–water partition coefficient (Wildman–Crippen LogP) is 2.93. The van der Waals surface area contributed by atoms with Gasteiger partial charge in [-0.05, 0) is 12.5 Å². The second kappa shape index (κ2) is 6.92. The van der Waals surface area contributed by atoms with Gasteiger partial charge in [-0.3, -0.25) is 14.7 Å². The maximum atomic E-state index is 12.7. The van der Waals surface area contributed by atoms with E-state index in [0.29, 0.717) is 23.4 Å². The lowest BCUT2D eigenvalue weighted by atomic mass is 10.1. The van der Waals surface area contributed by atoms with Crippen LogP contribution in [0.3, 0.4) is 0 Å². The number of aromatic nitrogens is 3. The molecule has 0 bridgehead atoms. The average molecular weight is 358 g/mol. The van der Waals surface area contributed by atoms with Crippen LogP contribution in [0.5, 0.6) is 0 Å². The second-order valence-electron chi connectivity index (χ2n) is 6.36. The van der Waals surface area contributed by atoms with Crippen LogP contribution in [0.25, 0.3) is 16.9 Å². The summed E-state index contributed by atoms with van der Waals surface area (Å²) >= 11 is 0. The first-order chi connectivity index (χ1) is 13.1. The van der Waals surface area contributed by atoms with Crippen molar-refractivity contribution < 1.29 is 4.79 Å². The Morgan fingerprint density at radius 3 is 2.70 bits per heavy atom. The summed E-state index contributed by atoms with van der Waals surface area (Å²) in [6, 6.07) is 18.8. The number of carbonyl (C=O) groups is 1. The average Bonchev–Trinajstić information content (AvgIpc) is 3.11. The van der Waals surface area contributed by atoms with E-state index in [1.807, 2.05) is 61.5 Å². The van der Waals surface area contributed by atoms with Crippen molar-refractivity contribution in [2.75, 3.05) is 0 Å². The Morgan fingerprint density at radius 2 is 1.93 bits per heavy atom. The van der Waals surface area contributed by atoms with Gasteiger partial charge in [0.2, 0.25) is 0 Å². The van der Waals surface area contributed by atoms with E-state index in [4.69, 9.17) is 0 Å². The summed E-state index contributed by atoms with van der Waals surface area (Å²) in [5, 5.41) is 5.69. The van der Waals surface area contributed by atoms with Crippen LogP contribution < -0.4 is 10.9 Å². The van der Waals surface area contributed by atoms with E-state index in [2.05, 4.69) is 15.4 Å². The van der Waals surface area contributed by atoms with Crippen LogP contribution >= 0.6 is 0 Å². The highest BCUT2D eigenvalue weighted by atomic mass is 16.2. The molecule has 2 aromatic carbocycles. The van der Waals surface area contributed by atoms with Gasteiger partial charge in [0.25, 0.3) is 11.5 Å². The Kier molecular flexibility index (Phi) is 4.30. The van der Waals surface area contributed by atoms with Crippen LogP contribution in [-0.2, 0) is 6.54 Å². The molecule has 27 heavy (non-hydrogen) atoms. The molecule has 0 saturated heterocycles. The first-order valence-corrected chi connectivity index (χ1v) is 8.62. The van der Waals surface area contributed by atoms with Crippen LogP contribution in [0.4, 0.5) is 0 Å². The number of H-pyrrole nitrogens is 1. The fourth-order valence-corrected chi connectivity index (χ4v) is 3.00. The monoisotopic (exact) mass is 358 g/mol. The highest BCUT2D eigenvalue weighted by molar-refractivity contribution is 5.99. The van der Waals surface area contributed by atoms with Crippen molar-refractivity contribution >= 4 is 11.6 Å². The predicted molar refractivity (Wildman–Crippen MR) is 104 cm³/mol. The molecule has 0 unspecified atom stereocenters. The maximum Gasteiger partial charge on any atom is 0.273 e. The smallest absolute Gasteiger partial charge is 0.273 e. The number of rotatable bonds is 4. The summed E-state index contributed by atoms with van der Waals surface area (Å²) in [5.41, 5.74) is 3.88. The van der Waals surface area contributed by atoms with Crippen molar-refractivity contribution in [1.82, 2.24) is 19.9 Å². The van der Waals surface area contributed by atoms with Gasteiger partial charge in [-0.2, -0.15) is 0 Å². The lowest BCUT2D eigenvalue weighted by molar-refractivity contribution is 0.0952. The number of fused-ring (bicyclic) bond motifs is 1. The fourth-order valence-electron chi connectivity index (χ4n) is 3.00. The van der Waals surface area contributed by atoms with Gasteiger partial charge in [0, 0.05) is 24.4 Å². The third-order valence-electron chi connectivity index (χ3n) is 4.35. The molecule has 0 atom stereocenters. The molecule has 4 aromatic rings. The largest absolute Gasteiger partial charge is 0.348 e. The molecule has 1 amide bonds. The summed E-state index contributed by atoms with van der Waals surface area (Å²) in [4.78, 5) is 29.6. The maximum absolute atomic E-state index is 12.7. The number of benzene rings is 2. The molecule has 0 aliphatic heterocycles. The van der Waals surface area contributed by atoms with Crippen LogP contribution in [0.15, 0.2) is 71.7 Å². The summed E-state index contributed by atoms with van der Waals surface area (Å²) in [7, 11) is 0. The number of nitrogens with one attached hydrogen (secondary N) is 2. The summed E-state index contributed by atoms with van der Waals surface area (Å²) in [5.74, 6) is -0.285. The minimum absolute atomic E-state index is 0.267. The van der Waals surface area contributed by atoms with Gasteiger partial charge in [-0.1, -0.05) is 60.2 Å². The van der Waals surface area contributed by atoms with Crippen molar-refractivity contribution in [3.05, 3.63) is 93.9 Å². The minimum Gasteiger partial charge on any atom is -0.348 e. The van der Waals surface area contributed by atoms with Crippen LogP contribution in [0.2, 0.25) is 0 Å². The van der Waals surface area contributed by atoms with Crippen molar-refractivity contribution in [1.29, 1.82) is 0 Å². The van der Waals surface area contributed by atoms with Gasteiger partial charge in [0.1, 0.15) is 5.56 Å². The van der Waals surface area contributed by atoms with E-state index in [1.165, 1.54) is 16.8 Å². The van der Waals surface area contributed by atoms with Crippen LogP contribution in [0.1, 0.15) is 21.5 Å². The van der Waals surface area contributed by atoms with Gasteiger partial charge in [-0.15, -0.1) is 0 Å². The van der Waals surface area contributed by atoms with E-state index in [0.717, 1.165) is 16.7 Å². The Morgan fingerprint density at radius 1 is 1.11 bits per heavy atom. The molecule has 2 aromatic heterocycles. The Hall–Kier alpha value is -3.67. The highest BCUT2D eigenvalue weighted by Gasteiger charge is 2.16. The zero-order chi connectivity index (χ0) is 18.8. The van der Waals surface area contributed by atoms with Crippen LogP contribution in [-0.4, -0.2) is 20.5 Å². The van der Waals surface area contributed by atoms with E-state index in [9.17, 15) is 9.59 Å². The topological polar surface area (TPSA) is 79.3 Å². The number of hydrogen-bond donors (Lipinski definition) is 2. The van der Waals surface area contributed by atoms with E-state index >= 15 is 0 Å². The summed E-state index contributed by atoms with van der Waals surface area (Å²) in [6.45, 7) is 2.41. The molecule has 0 radical (unpaired) electrons. The molecule has 0 aliphatic rings. The molecule has 0 fully saturated rings. The van der Waals surface area contributed by atoms with Gasteiger partial charge in [-0.25, -0.2) is 9.50 Å². The Labute approximate surface area is 155 Å². The summed E-state index contributed by atoms with van der Waals surface area (Å²) < 4.78 is 1.27. The fraction of sp³-hybridized carbons (Fsp3) is 0.0952. The normalized spacial score (nSPS) is 10.9. The minimum atomic E-state index is -0.285. The second-order valence-corrected chi connectivity index (χ2v) is 6.36. The Balaban J connectivity index is 1.66. The number of carbonyl (C=O) groups excluding carboxylic acids is 1. The molecule has 4 rings (SSSR count). The quantitative estimate of drug-likeness (QED) is 0.589. The zero-order valence-electron chi connectivity index (χ0n) is 14.8. The number of amides is 1. The third kappa shape index (κ3) is 3.37. The van der Waals surface area contributed by atoms with Gasteiger partial charge in [0.15, 0.2) is 5.65 Å². The molecule has 2 heterocycles. The first-order valence-electron chi connectivity index (χ1n) is 8.62. The van der Waals surface area contributed by atoms with Crippen molar-refractivity contribution in [3.8, 4) is 11.3 Å². The van der Waals surface area contributed by atoms with Crippen LogP contribution in [0, 0.1) is 6.92 Å². The number of aryl methyl sites for hydroxylation is 1. The third-order valence-corrected chi connectivity index (χ3v) is 4.35. The molecule has 6 nitrogen and oxygen atoms in total. The molecule has 0 aliphatic carbocycles. The lowest BCUT2D eigenvalue weighted by Crippen LogP contribution is -2.23. The zero-order valence-corrected chi connectivity index (χ0v) is 14.8. The highest BCUT2D eigenvalue weighted by Crippen LogP contribution is 2.17. The van der Waals surface area contributed by atoms with Crippen molar-refractivity contribution in [2.24, 2.45) is 0 Å². The number of aromatic amines is 1. The molecule has 6 heteroatoms. The van der Waals surface area contributed by atoms with Gasteiger partial charge < -0.3 is 5.32 Å².